The van der Waals surface area contributed by atoms with Gasteiger partial charge in [-0.05, 0) is 36.5 Å². The Kier molecular flexibility index (Phi) is 7.23. The number of hydrogen-bond donors (Lipinski definition) is 0. The SMILES string of the molecule is CCCCCCC(CC(C)CC)C1CC1CC. The van der Waals surface area contributed by atoms with E-state index >= 15 is 0 Å². The summed E-state index contributed by atoms with van der Waals surface area (Å²) in [5, 5.41) is 0. The van der Waals surface area contributed by atoms with Gasteiger partial charge in [0.1, 0.15) is 0 Å². The molecule has 0 heterocycles. The van der Waals surface area contributed by atoms with E-state index in [0.717, 1.165) is 23.7 Å². The van der Waals surface area contributed by atoms with Crippen LogP contribution in [0.25, 0.3) is 0 Å². The van der Waals surface area contributed by atoms with Crippen LogP contribution in [-0.2, 0) is 0 Å². The standard InChI is InChI=1S/C17H34/c1-5-8-9-10-11-16(12-14(4)6-2)17-13-15(17)7-3/h14-17H,5-13H2,1-4H3. The molecule has 0 saturated heterocycles. The fourth-order valence-electron chi connectivity index (χ4n) is 3.34. The van der Waals surface area contributed by atoms with E-state index in [1.54, 1.807) is 6.42 Å². The van der Waals surface area contributed by atoms with Gasteiger partial charge in [0.15, 0.2) is 0 Å². The first-order valence-corrected chi connectivity index (χ1v) is 8.22. The van der Waals surface area contributed by atoms with Crippen molar-refractivity contribution in [2.24, 2.45) is 23.7 Å². The summed E-state index contributed by atoms with van der Waals surface area (Å²) in [7, 11) is 0. The van der Waals surface area contributed by atoms with Gasteiger partial charge < -0.3 is 0 Å². The topological polar surface area (TPSA) is 0 Å². The predicted molar refractivity (Wildman–Crippen MR) is 78.2 cm³/mol. The average Bonchev–Trinajstić information content (AvgIpc) is 3.12. The van der Waals surface area contributed by atoms with E-state index in [2.05, 4.69) is 27.7 Å². The van der Waals surface area contributed by atoms with Crippen LogP contribution in [0.4, 0.5) is 0 Å². The Bertz CT molecular complexity index is 184. The molecule has 0 nitrogen and oxygen atoms in total. The van der Waals surface area contributed by atoms with Gasteiger partial charge in [0.05, 0.1) is 0 Å². The van der Waals surface area contributed by atoms with Crippen LogP contribution < -0.4 is 0 Å². The van der Waals surface area contributed by atoms with Gasteiger partial charge in [-0.1, -0.05) is 72.6 Å². The summed E-state index contributed by atoms with van der Waals surface area (Å²) < 4.78 is 0. The van der Waals surface area contributed by atoms with E-state index in [1.807, 2.05) is 0 Å². The normalized spacial score (nSPS) is 26.8. The zero-order chi connectivity index (χ0) is 12.7. The van der Waals surface area contributed by atoms with Crippen molar-refractivity contribution in [1.82, 2.24) is 0 Å². The molecule has 1 saturated carbocycles. The maximum Gasteiger partial charge on any atom is -0.0355 e. The molecule has 4 unspecified atom stereocenters. The third-order valence-corrected chi connectivity index (χ3v) is 4.94. The van der Waals surface area contributed by atoms with Crippen molar-refractivity contribution in [2.45, 2.75) is 85.5 Å². The molecule has 1 aliphatic rings. The molecule has 0 radical (unpaired) electrons. The van der Waals surface area contributed by atoms with Crippen molar-refractivity contribution in [1.29, 1.82) is 0 Å². The Morgan fingerprint density at radius 3 is 2.35 bits per heavy atom. The Morgan fingerprint density at radius 2 is 1.82 bits per heavy atom. The first-order chi connectivity index (χ1) is 8.22. The molecule has 17 heavy (non-hydrogen) atoms. The van der Waals surface area contributed by atoms with E-state index < -0.39 is 0 Å². The molecule has 0 aliphatic heterocycles. The summed E-state index contributed by atoms with van der Waals surface area (Å²) >= 11 is 0. The predicted octanol–water partition coefficient (Wildman–Crippen LogP) is 6.06. The van der Waals surface area contributed by atoms with Crippen LogP contribution in [0, 0.1) is 23.7 Å². The van der Waals surface area contributed by atoms with Crippen molar-refractivity contribution >= 4 is 0 Å². The van der Waals surface area contributed by atoms with Crippen LogP contribution in [-0.4, -0.2) is 0 Å². The zero-order valence-electron chi connectivity index (χ0n) is 12.7. The van der Waals surface area contributed by atoms with Crippen LogP contribution in [0.3, 0.4) is 0 Å². The van der Waals surface area contributed by atoms with Gasteiger partial charge in [-0.3, -0.25) is 0 Å². The molecule has 1 aliphatic carbocycles. The summed E-state index contributed by atoms with van der Waals surface area (Å²) in [6, 6.07) is 0. The fourth-order valence-corrected chi connectivity index (χ4v) is 3.34. The lowest BCUT2D eigenvalue weighted by molar-refractivity contribution is 0.306. The van der Waals surface area contributed by atoms with Crippen LogP contribution >= 0.6 is 0 Å². The molecule has 1 fully saturated rings. The summed E-state index contributed by atoms with van der Waals surface area (Å²) in [5.74, 6) is 4.21. The highest BCUT2D eigenvalue weighted by Gasteiger charge is 2.40. The molecule has 0 amide bonds. The van der Waals surface area contributed by atoms with Gasteiger partial charge in [-0.25, -0.2) is 0 Å². The average molecular weight is 238 g/mol. The smallest absolute Gasteiger partial charge is 0.0355 e. The lowest BCUT2D eigenvalue weighted by Gasteiger charge is -2.20. The molecule has 0 aromatic rings. The summed E-state index contributed by atoms with van der Waals surface area (Å²) in [6.45, 7) is 9.48. The molecule has 1 rings (SSSR count). The Hall–Kier alpha value is 0. The van der Waals surface area contributed by atoms with E-state index in [-0.39, 0.29) is 0 Å². The van der Waals surface area contributed by atoms with Gasteiger partial charge >= 0.3 is 0 Å². The van der Waals surface area contributed by atoms with Crippen molar-refractivity contribution < 1.29 is 0 Å². The molecule has 4 atom stereocenters. The summed E-state index contributed by atoms with van der Waals surface area (Å²) in [5.41, 5.74) is 0. The van der Waals surface area contributed by atoms with Gasteiger partial charge in [-0.15, -0.1) is 0 Å². The van der Waals surface area contributed by atoms with E-state index in [9.17, 15) is 0 Å². The Morgan fingerprint density at radius 1 is 1.06 bits per heavy atom. The summed E-state index contributed by atoms with van der Waals surface area (Å²) in [4.78, 5) is 0. The minimum atomic E-state index is 0.948. The zero-order valence-corrected chi connectivity index (χ0v) is 12.7. The minimum absolute atomic E-state index is 0.948. The largest absolute Gasteiger partial charge is 0.0654 e. The van der Waals surface area contributed by atoms with Gasteiger partial charge in [0.25, 0.3) is 0 Å². The maximum atomic E-state index is 2.45. The Labute approximate surface area is 110 Å². The minimum Gasteiger partial charge on any atom is -0.0654 e. The maximum absolute atomic E-state index is 2.45. The van der Waals surface area contributed by atoms with Crippen molar-refractivity contribution in [3.63, 3.8) is 0 Å². The van der Waals surface area contributed by atoms with E-state index in [0.29, 0.717) is 0 Å². The molecular weight excluding hydrogens is 204 g/mol. The second-order valence-electron chi connectivity index (χ2n) is 6.43. The first kappa shape index (κ1) is 15.1. The van der Waals surface area contributed by atoms with E-state index in [1.165, 1.54) is 51.4 Å². The lowest BCUT2D eigenvalue weighted by Crippen LogP contribution is -2.10. The van der Waals surface area contributed by atoms with Gasteiger partial charge in [-0.2, -0.15) is 0 Å². The molecule has 0 aromatic carbocycles. The quantitative estimate of drug-likeness (QED) is 0.406. The second kappa shape index (κ2) is 8.16. The van der Waals surface area contributed by atoms with Crippen molar-refractivity contribution in [3.05, 3.63) is 0 Å². The number of rotatable bonds is 10. The van der Waals surface area contributed by atoms with E-state index in [4.69, 9.17) is 0 Å². The van der Waals surface area contributed by atoms with Crippen LogP contribution in [0.5, 0.6) is 0 Å². The molecule has 0 heteroatoms. The molecule has 0 spiro atoms. The fraction of sp³-hybridized carbons (Fsp3) is 1.00. The third kappa shape index (κ3) is 5.44. The molecule has 102 valence electrons. The van der Waals surface area contributed by atoms with Gasteiger partial charge in [0.2, 0.25) is 0 Å². The Balaban J connectivity index is 2.27. The first-order valence-electron chi connectivity index (χ1n) is 8.22. The molecule has 0 N–H and O–H groups in total. The highest BCUT2D eigenvalue weighted by molar-refractivity contribution is 4.90. The van der Waals surface area contributed by atoms with Gasteiger partial charge in [0, 0.05) is 0 Å². The van der Waals surface area contributed by atoms with Crippen molar-refractivity contribution in [3.8, 4) is 0 Å². The lowest BCUT2D eigenvalue weighted by atomic mass is 9.85. The summed E-state index contributed by atoms with van der Waals surface area (Å²) in [6.07, 6.45) is 13.1. The number of unbranched alkanes of at least 4 members (excludes halogenated alkanes) is 3. The van der Waals surface area contributed by atoms with Crippen molar-refractivity contribution in [2.75, 3.05) is 0 Å². The molecule has 0 aromatic heterocycles. The highest BCUT2D eigenvalue weighted by atomic mass is 14.5. The third-order valence-electron chi connectivity index (χ3n) is 4.94. The van der Waals surface area contributed by atoms with Crippen LogP contribution in [0.2, 0.25) is 0 Å². The van der Waals surface area contributed by atoms with Crippen LogP contribution in [0.15, 0.2) is 0 Å². The van der Waals surface area contributed by atoms with Crippen LogP contribution in [0.1, 0.15) is 85.5 Å². The molecular formula is C17H34. The highest BCUT2D eigenvalue weighted by Crippen LogP contribution is 2.50. The molecule has 0 bridgehead atoms. The second-order valence-corrected chi connectivity index (χ2v) is 6.43. The number of hydrogen-bond acceptors (Lipinski definition) is 0. The monoisotopic (exact) mass is 238 g/mol.